The number of nitrogens with one attached hydrogen (secondary N) is 1. The minimum absolute atomic E-state index is 0.106. The van der Waals surface area contributed by atoms with Gasteiger partial charge in [-0.15, -0.1) is 0 Å². The molecule has 0 spiro atoms. The maximum atomic E-state index is 11.9. The lowest BCUT2D eigenvalue weighted by atomic mass is 10.1. The van der Waals surface area contributed by atoms with Gasteiger partial charge in [-0.05, 0) is 44.5 Å². The summed E-state index contributed by atoms with van der Waals surface area (Å²) in [5.41, 5.74) is -0.887. The van der Waals surface area contributed by atoms with Crippen LogP contribution in [0.25, 0.3) is 0 Å². The first-order chi connectivity index (χ1) is 8.45. The number of carbonyl (C=O) groups excluding carboxylic acids is 1. The Balaban J connectivity index is 2.57. The summed E-state index contributed by atoms with van der Waals surface area (Å²) < 4.78 is 5.68. The van der Waals surface area contributed by atoms with E-state index in [1.807, 2.05) is 0 Å². The van der Waals surface area contributed by atoms with Gasteiger partial charge in [-0.25, -0.2) is 0 Å². The van der Waals surface area contributed by atoms with Crippen LogP contribution in [0.15, 0.2) is 24.3 Å². The van der Waals surface area contributed by atoms with Crippen molar-refractivity contribution in [2.45, 2.75) is 39.2 Å². The highest BCUT2D eigenvalue weighted by molar-refractivity contribution is 6.30. The summed E-state index contributed by atoms with van der Waals surface area (Å²) in [6.07, 6.45) is 2.03. The maximum absolute atomic E-state index is 11.9. The van der Waals surface area contributed by atoms with Crippen LogP contribution in [0, 0.1) is 0 Å². The molecule has 1 aromatic rings. The molecule has 1 rings (SSSR count). The third kappa shape index (κ3) is 4.57. The Labute approximate surface area is 113 Å². The molecule has 18 heavy (non-hydrogen) atoms. The van der Waals surface area contributed by atoms with Gasteiger partial charge < -0.3 is 10.1 Å². The normalized spacial score (nSPS) is 11.1. The second-order valence-electron chi connectivity index (χ2n) is 4.68. The van der Waals surface area contributed by atoms with Gasteiger partial charge in [0.2, 0.25) is 0 Å². The smallest absolute Gasteiger partial charge is 0.263 e. The fraction of sp³-hybridized carbons (Fsp3) is 0.500. The van der Waals surface area contributed by atoms with Gasteiger partial charge in [0.15, 0.2) is 5.60 Å². The summed E-state index contributed by atoms with van der Waals surface area (Å²) >= 11 is 5.80. The quantitative estimate of drug-likeness (QED) is 0.804. The molecule has 3 nitrogen and oxygen atoms in total. The molecule has 0 saturated heterocycles. The molecule has 0 aliphatic rings. The first-order valence-electron chi connectivity index (χ1n) is 6.18. The minimum Gasteiger partial charge on any atom is -0.478 e. The number of hydrogen-bond donors (Lipinski definition) is 1. The predicted octanol–water partition coefficient (Wildman–Crippen LogP) is 3.41. The summed E-state index contributed by atoms with van der Waals surface area (Å²) in [6.45, 7) is 6.27. The molecule has 0 aromatic heterocycles. The number of rotatable bonds is 6. The first-order valence-corrected chi connectivity index (χ1v) is 6.56. The van der Waals surface area contributed by atoms with E-state index in [0.717, 1.165) is 12.8 Å². The van der Waals surface area contributed by atoms with Crippen LogP contribution in [0.1, 0.15) is 33.6 Å². The largest absolute Gasteiger partial charge is 0.478 e. The molecule has 1 aromatic carbocycles. The van der Waals surface area contributed by atoms with E-state index in [2.05, 4.69) is 12.2 Å². The Bertz CT molecular complexity index is 387. The highest BCUT2D eigenvalue weighted by Gasteiger charge is 2.29. The van der Waals surface area contributed by atoms with Crippen molar-refractivity contribution in [3.63, 3.8) is 0 Å². The van der Waals surface area contributed by atoms with Crippen LogP contribution in [0.4, 0.5) is 0 Å². The van der Waals surface area contributed by atoms with Gasteiger partial charge in [0.25, 0.3) is 5.91 Å². The molecule has 4 heteroatoms. The zero-order valence-electron chi connectivity index (χ0n) is 11.1. The van der Waals surface area contributed by atoms with Crippen molar-refractivity contribution in [1.82, 2.24) is 5.32 Å². The van der Waals surface area contributed by atoms with E-state index in [9.17, 15) is 4.79 Å². The molecule has 0 aliphatic carbocycles. The number of hydrogen-bond acceptors (Lipinski definition) is 2. The van der Waals surface area contributed by atoms with Crippen LogP contribution in [0.3, 0.4) is 0 Å². The molecule has 0 heterocycles. The molecule has 1 amide bonds. The van der Waals surface area contributed by atoms with E-state index in [1.54, 1.807) is 38.1 Å². The Morgan fingerprint density at radius 3 is 2.50 bits per heavy atom. The van der Waals surface area contributed by atoms with Crippen molar-refractivity contribution in [2.75, 3.05) is 6.54 Å². The zero-order chi connectivity index (χ0) is 13.6. The minimum atomic E-state index is -0.887. The van der Waals surface area contributed by atoms with Crippen molar-refractivity contribution in [3.8, 4) is 5.75 Å². The van der Waals surface area contributed by atoms with Gasteiger partial charge in [0.1, 0.15) is 5.75 Å². The van der Waals surface area contributed by atoms with Crippen LogP contribution in [0.5, 0.6) is 5.75 Å². The second-order valence-corrected chi connectivity index (χ2v) is 5.11. The van der Waals surface area contributed by atoms with E-state index in [0.29, 0.717) is 17.3 Å². The van der Waals surface area contributed by atoms with Gasteiger partial charge in [0.05, 0.1) is 0 Å². The van der Waals surface area contributed by atoms with Gasteiger partial charge >= 0.3 is 0 Å². The highest BCUT2D eigenvalue weighted by Crippen LogP contribution is 2.20. The van der Waals surface area contributed by atoms with Crippen LogP contribution < -0.4 is 10.1 Å². The van der Waals surface area contributed by atoms with Crippen LogP contribution in [-0.2, 0) is 4.79 Å². The first kappa shape index (κ1) is 14.8. The average molecular weight is 270 g/mol. The molecule has 100 valence electrons. The van der Waals surface area contributed by atoms with E-state index < -0.39 is 5.60 Å². The van der Waals surface area contributed by atoms with Crippen molar-refractivity contribution in [2.24, 2.45) is 0 Å². The third-order valence-electron chi connectivity index (χ3n) is 2.55. The molecular weight excluding hydrogens is 250 g/mol. The fourth-order valence-electron chi connectivity index (χ4n) is 1.44. The van der Waals surface area contributed by atoms with E-state index in [1.165, 1.54) is 0 Å². The number of unbranched alkanes of at least 4 members (excludes halogenated alkanes) is 1. The molecule has 0 fully saturated rings. The van der Waals surface area contributed by atoms with E-state index in [-0.39, 0.29) is 5.91 Å². The number of carbonyl (C=O) groups is 1. The lowest BCUT2D eigenvalue weighted by Gasteiger charge is -2.25. The third-order valence-corrected chi connectivity index (χ3v) is 2.80. The van der Waals surface area contributed by atoms with E-state index >= 15 is 0 Å². The molecule has 0 saturated carbocycles. The van der Waals surface area contributed by atoms with Crippen LogP contribution in [0.2, 0.25) is 5.02 Å². The predicted molar refractivity (Wildman–Crippen MR) is 74.1 cm³/mol. The zero-order valence-corrected chi connectivity index (χ0v) is 11.9. The van der Waals surface area contributed by atoms with Crippen molar-refractivity contribution >= 4 is 17.5 Å². The monoisotopic (exact) mass is 269 g/mol. The lowest BCUT2D eigenvalue weighted by Crippen LogP contribution is -2.46. The summed E-state index contributed by atoms with van der Waals surface area (Å²) in [6, 6.07) is 6.98. The van der Waals surface area contributed by atoms with Gasteiger partial charge in [0, 0.05) is 11.6 Å². The molecule has 0 unspecified atom stereocenters. The van der Waals surface area contributed by atoms with Gasteiger partial charge in [-0.1, -0.05) is 24.9 Å². The Morgan fingerprint density at radius 1 is 1.33 bits per heavy atom. The second kappa shape index (κ2) is 6.64. The number of benzene rings is 1. The van der Waals surface area contributed by atoms with Crippen molar-refractivity contribution in [1.29, 1.82) is 0 Å². The van der Waals surface area contributed by atoms with E-state index in [4.69, 9.17) is 16.3 Å². The molecule has 0 radical (unpaired) electrons. The Kier molecular flexibility index (Phi) is 5.48. The Hall–Kier alpha value is -1.22. The molecule has 1 N–H and O–H groups in total. The summed E-state index contributed by atoms with van der Waals surface area (Å²) in [4.78, 5) is 11.9. The average Bonchev–Trinajstić information content (AvgIpc) is 2.32. The summed E-state index contributed by atoms with van der Waals surface area (Å²) in [5.74, 6) is 0.529. The van der Waals surface area contributed by atoms with Crippen LogP contribution >= 0.6 is 11.6 Å². The van der Waals surface area contributed by atoms with Crippen molar-refractivity contribution in [3.05, 3.63) is 29.3 Å². The Morgan fingerprint density at radius 2 is 1.94 bits per heavy atom. The lowest BCUT2D eigenvalue weighted by molar-refractivity contribution is -0.134. The molecule has 0 aliphatic heterocycles. The molecular formula is C14H20ClNO2. The highest BCUT2D eigenvalue weighted by atomic mass is 35.5. The maximum Gasteiger partial charge on any atom is 0.263 e. The SMILES string of the molecule is CCCCNC(=O)C(C)(C)Oc1ccc(Cl)cc1. The number of halogens is 1. The molecule has 0 atom stereocenters. The van der Waals surface area contributed by atoms with Gasteiger partial charge in [-0.2, -0.15) is 0 Å². The standard InChI is InChI=1S/C14H20ClNO2/c1-4-5-10-16-13(17)14(2,3)18-12-8-6-11(15)7-9-12/h6-9H,4-5,10H2,1-3H3,(H,16,17). The number of amides is 1. The summed E-state index contributed by atoms with van der Waals surface area (Å²) in [7, 11) is 0. The van der Waals surface area contributed by atoms with Crippen molar-refractivity contribution < 1.29 is 9.53 Å². The topological polar surface area (TPSA) is 38.3 Å². The fourth-order valence-corrected chi connectivity index (χ4v) is 1.56. The number of ether oxygens (including phenoxy) is 1. The summed E-state index contributed by atoms with van der Waals surface area (Å²) in [5, 5.41) is 3.51. The molecule has 0 bridgehead atoms. The van der Waals surface area contributed by atoms with Gasteiger partial charge in [-0.3, -0.25) is 4.79 Å². The van der Waals surface area contributed by atoms with Crippen LogP contribution in [-0.4, -0.2) is 18.1 Å².